The van der Waals surface area contributed by atoms with Crippen LogP contribution in [0.4, 0.5) is 5.69 Å². The minimum Gasteiger partial charge on any atom is -0.497 e. The number of thioether (sulfide) groups is 1. The minimum atomic E-state index is -3.67. The van der Waals surface area contributed by atoms with Gasteiger partial charge in [-0.3, -0.25) is 9.10 Å². The Morgan fingerprint density at radius 1 is 1.25 bits per heavy atom. The summed E-state index contributed by atoms with van der Waals surface area (Å²) in [6.45, 7) is 1.97. The van der Waals surface area contributed by atoms with Crippen molar-refractivity contribution in [3.05, 3.63) is 53.6 Å². The second-order valence-corrected chi connectivity index (χ2v) is 9.49. The van der Waals surface area contributed by atoms with E-state index in [0.717, 1.165) is 15.5 Å². The lowest BCUT2D eigenvalue weighted by molar-refractivity contribution is -0.121. The maximum atomic E-state index is 12.5. The lowest BCUT2D eigenvalue weighted by atomic mass is 10.2. The van der Waals surface area contributed by atoms with Crippen LogP contribution in [0.3, 0.4) is 0 Å². The Balaban J connectivity index is 2.00. The second-order valence-electron chi connectivity index (χ2n) is 6.03. The highest BCUT2D eigenvalue weighted by Gasteiger charge is 2.29. The Hall–Kier alpha value is -1.90. The van der Waals surface area contributed by atoms with Crippen LogP contribution in [0.5, 0.6) is 5.75 Å². The summed E-state index contributed by atoms with van der Waals surface area (Å²) in [6, 6.07) is 13.1. The summed E-state index contributed by atoms with van der Waals surface area (Å²) >= 11 is 7.43. The molecule has 0 radical (unpaired) electrons. The number of methoxy groups -OCH3 is 1. The fourth-order valence-electron chi connectivity index (χ4n) is 2.58. The smallest absolute Gasteiger partial charge is 0.243 e. The molecule has 1 atom stereocenters. The second kappa shape index (κ2) is 10.0. The summed E-state index contributed by atoms with van der Waals surface area (Å²) in [5, 5.41) is 3.46. The van der Waals surface area contributed by atoms with E-state index in [1.807, 2.05) is 24.3 Å². The van der Waals surface area contributed by atoms with Crippen molar-refractivity contribution in [1.82, 2.24) is 5.32 Å². The molecule has 0 saturated heterocycles. The maximum absolute atomic E-state index is 12.5. The van der Waals surface area contributed by atoms with E-state index in [9.17, 15) is 13.2 Å². The fraction of sp³-hybridized carbons (Fsp3) is 0.316. The molecule has 0 aliphatic heterocycles. The quantitative estimate of drug-likeness (QED) is 0.475. The Morgan fingerprint density at radius 2 is 1.93 bits per heavy atom. The number of sulfonamides is 1. The number of nitrogens with one attached hydrogen (secondary N) is 1. The van der Waals surface area contributed by atoms with Crippen molar-refractivity contribution < 1.29 is 17.9 Å². The molecule has 0 unspecified atom stereocenters. The molecule has 0 spiro atoms. The van der Waals surface area contributed by atoms with Crippen LogP contribution in [0.2, 0.25) is 5.02 Å². The van der Waals surface area contributed by atoms with E-state index in [2.05, 4.69) is 5.32 Å². The average molecular weight is 443 g/mol. The highest BCUT2D eigenvalue weighted by molar-refractivity contribution is 7.99. The summed E-state index contributed by atoms with van der Waals surface area (Å²) in [6.07, 6.45) is 1.08. The zero-order valence-electron chi connectivity index (χ0n) is 15.9. The van der Waals surface area contributed by atoms with Crippen molar-refractivity contribution in [2.75, 3.05) is 30.0 Å². The van der Waals surface area contributed by atoms with Crippen LogP contribution < -0.4 is 14.4 Å². The third-order valence-electron chi connectivity index (χ3n) is 3.88. The van der Waals surface area contributed by atoms with Gasteiger partial charge in [-0.15, -0.1) is 11.8 Å². The van der Waals surface area contributed by atoms with Gasteiger partial charge in [-0.2, -0.15) is 0 Å². The van der Waals surface area contributed by atoms with Gasteiger partial charge in [0.2, 0.25) is 15.9 Å². The van der Waals surface area contributed by atoms with E-state index < -0.39 is 16.1 Å². The van der Waals surface area contributed by atoms with Gasteiger partial charge >= 0.3 is 0 Å². The van der Waals surface area contributed by atoms with Crippen molar-refractivity contribution in [2.24, 2.45) is 0 Å². The summed E-state index contributed by atoms with van der Waals surface area (Å²) in [7, 11) is -2.17. The SMILES string of the molecule is COc1cccc(N([C@@H](C)C(=O)NCCSc2ccc(Cl)cc2)S(C)(=O)=O)c1. The number of ether oxygens (including phenoxy) is 1. The molecule has 1 N–H and O–H groups in total. The summed E-state index contributed by atoms with van der Waals surface area (Å²) in [4.78, 5) is 13.6. The van der Waals surface area contributed by atoms with Crippen LogP contribution in [0.15, 0.2) is 53.4 Å². The highest BCUT2D eigenvalue weighted by atomic mass is 35.5. The molecule has 2 rings (SSSR count). The number of benzene rings is 2. The Morgan fingerprint density at radius 3 is 2.54 bits per heavy atom. The van der Waals surface area contributed by atoms with Gasteiger partial charge in [0.25, 0.3) is 0 Å². The lowest BCUT2D eigenvalue weighted by Crippen LogP contribution is -2.48. The third kappa shape index (κ3) is 6.32. The molecule has 0 aromatic heterocycles. The zero-order valence-corrected chi connectivity index (χ0v) is 18.3. The number of hydrogen-bond donors (Lipinski definition) is 1. The number of halogens is 1. The van der Waals surface area contributed by atoms with E-state index in [-0.39, 0.29) is 5.91 Å². The highest BCUT2D eigenvalue weighted by Crippen LogP contribution is 2.25. The Bertz CT molecular complexity index is 904. The van der Waals surface area contributed by atoms with E-state index in [0.29, 0.717) is 28.8 Å². The summed E-state index contributed by atoms with van der Waals surface area (Å²) < 4.78 is 30.9. The van der Waals surface area contributed by atoms with Gasteiger partial charge in [0.1, 0.15) is 11.8 Å². The number of carbonyl (C=O) groups is 1. The zero-order chi connectivity index (χ0) is 20.7. The molecule has 1 amide bonds. The largest absolute Gasteiger partial charge is 0.497 e. The van der Waals surface area contributed by atoms with Gasteiger partial charge in [-0.25, -0.2) is 8.42 Å². The van der Waals surface area contributed by atoms with Gasteiger partial charge < -0.3 is 10.1 Å². The number of nitrogens with zero attached hydrogens (tertiary/aromatic N) is 1. The minimum absolute atomic E-state index is 0.370. The first-order valence-electron chi connectivity index (χ1n) is 8.52. The van der Waals surface area contributed by atoms with E-state index in [4.69, 9.17) is 16.3 Å². The molecule has 28 heavy (non-hydrogen) atoms. The molecule has 0 aliphatic carbocycles. The molecular formula is C19H23ClN2O4S2. The molecule has 0 saturated carbocycles. The van der Waals surface area contributed by atoms with Gasteiger partial charge in [-0.05, 0) is 43.3 Å². The third-order valence-corrected chi connectivity index (χ3v) is 6.39. The number of carbonyl (C=O) groups excluding carboxylic acids is 1. The molecule has 0 bridgehead atoms. The van der Waals surface area contributed by atoms with E-state index >= 15 is 0 Å². The molecule has 2 aromatic rings. The molecule has 0 heterocycles. The number of amides is 1. The normalized spacial score (nSPS) is 12.3. The lowest BCUT2D eigenvalue weighted by Gasteiger charge is -2.28. The van der Waals surface area contributed by atoms with Crippen molar-refractivity contribution in [3.63, 3.8) is 0 Å². The molecule has 0 fully saturated rings. The van der Waals surface area contributed by atoms with E-state index in [1.165, 1.54) is 7.11 Å². The summed E-state index contributed by atoms with van der Waals surface area (Å²) in [5.74, 6) is 0.793. The standard InChI is InChI=1S/C19H23ClN2O4S2/c1-14(19(23)21-11-12-27-18-9-7-15(20)8-10-18)22(28(3,24)25)16-5-4-6-17(13-16)26-2/h4-10,13-14H,11-12H2,1-3H3,(H,21,23)/t14-/m0/s1. The summed E-state index contributed by atoms with van der Waals surface area (Å²) in [5.41, 5.74) is 0.375. The van der Waals surface area contributed by atoms with Crippen LogP contribution in [0.1, 0.15) is 6.92 Å². The maximum Gasteiger partial charge on any atom is 0.243 e. The van der Waals surface area contributed by atoms with Crippen molar-refractivity contribution >= 4 is 45.0 Å². The first kappa shape index (κ1) is 22.4. The van der Waals surface area contributed by atoms with Crippen LogP contribution in [-0.2, 0) is 14.8 Å². The van der Waals surface area contributed by atoms with Crippen LogP contribution in [0.25, 0.3) is 0 Å². The Kier molecular flexibility index (Phi) is 8.03. The first-order valence-corrected chi connectivity index (χ1v) is 11.7. The Labute approximate surface area is 175 Å². The van der Waals surface area contributed by atoms with Gasteiger partial charge in [-0.1, -0.05) is 17.7 Å². The monoisotopic (exact) mass is 442 g/mol. The van der Waals surface area contributed by atoms with Gasteiger partial charge in [0.15, 0.2) is 0 Å². The first-order chi connectivity index (χ1) is 13.2. The predicted octanol–water partition coefficient (Wildman–Crippen LogP) is 3.41. The number of anilines is 1. The molecule has 0 aliphatic rings. The predicted molar refractivity (Wildman–Crippen MR) is 115 cm³/mol. The van der Waals surface area contributed by atoms with Gasteiger partial charge in [0, 0.05) is 28.3 Å². The molecule has 6 nitrogen and oxygen atoms in total. The molecule has 2 aromatic carbocycles. The fourth-order valence-corrected chi connectivity index (χ4v) is 4.64. The average Bonchev–Trinajstić information content (AvgIpc) is 2.65. The molecule has 9 heteroatoms. The molecule has 152 valence electrons. The number of rotatable bonds is 9. The van der Waals surface area contributed by atoms with E-state index in [1.54, 1.807) is 43.0 Å². The molecular weight excluding hydrogens is 420 g/mol. The van der Waals surface area contributed by atoms with Crippen LogP contribution in [-0.4, -0.2) is 46.0 Å². The topological polar surface area (TPSA) is 75.7 Å². The van der Waals surface area contributed by atoms with Crippen LogP contribution >= 0.6 is 23.4 Å². The van der Waals surface area contributed by atoms with Crippen molar-refractivity contribution in [3.8, 4) is 5.75 Å². The van der Waals surface area contributed by atoms with Crippen molar-refractivity contribution in [2.45, 2.75) is 17.9 Å². The van der Waals surface area contributed by atoms with Crippen molar-refractivity contribution in [1.29, 1.82) is 0 Å². The van der Waals surface area contributed by atoms with Crippen LogP contribution in [0, 0.1) is 0 Å². The number of hydrogen-bond acceptors (Lipinski definition) is 5. The van der Waals surface area contributed by atoms with Gasteiger partial charge in [0.05, 0.1) is 19.1 Å².